The highest BCUT2D eigenvalue weighted by atomic mass is 79.9. The molecule has 0 saturated carbocycles. The van der Waals surface area contributed by atoms with Gasteiger partial charge in [-0.15, -0.1) is 0 Å². The highest BCUT2D eigenvalue weighted by Crippen LogP contribution is 2.32. The van der Waals surface area contributed by atoms with Crippen molar-refractivity contribution in [2.75, 3.05) is 0 Å². The zero-order chi connectivity index (χ0) is 13.7. The standard InChI is InChI=1S/C11H13Br2N3O2/c1-6(2)18-10-7(5-15-16-11(14)17)3-8(12)4-9(10)13/h3-6H,1-2H3,(H3,14,16,17). The Kier molecular flexibility index (Phi) is 5.61. The summed E-state index contributed by atoms with van der Waals surface area (Å²) < 4.78 is 7.35. The Labute approximate surface area is 122 Å². The Morgan fingerprint density at radius 2 is 2.17 bits per heavy atom. The molecule has 0 saturated heterocycles. The third-order valence-electron chi connectivity index (χ3n) is 1.77. The van der Waals surface area contributed by atoms with Crippen LogP contribution >= 0.6 is 31.9 Å². The van der Waals surface area contributed by atoms with E-state index in [4.69, 9.17) is 10.5 Å². The highest BCUT2D eigenvalue weighted by Gasteiger charge is 2.10. The molecule has 0 aliphatic heterocycles. The summed E-state index contributed by atoms with van der Waals surface area (Å²) in [6.45, 7) is 3.86. The molecule has 2 amide bonds. The van der Waals surface area contributed by atoms with E-state index in [-0.39, 0.29) is 6.10 Å². The molecule has 0 bridgehead atoms. The summed E-state index contributed by atoms with van der Waals surface area (Å²) in [4.78, 5) is 10.5. The van der Waals surface area contributed by atoms with Crippen LogP contribution in [-0.2, 0) is 0 Å². The SMILES string of the molecule is CC(C)Oc1c(Br)cc(Br)cc1C=NNC(N)=O. The summed E-state index contributed by atoms with van der Waals surface area (Å²) >= 11 is 6.79. The van der Waals surface area contributed by atoms with E-state index in [9.17, 15) is 4.79 Å². The number of hydrogen-bond donors (Lipinski definition) is 2. The number of ether oxygens (including phenoxy) is 1. The van der Waals surface area contributed by atoms with Crippen molar-refractivity contribution in [1.82, 2.24) is 5.43 Å². The van der Waals surface area contributed by atoms with Crippen molar-refractivity contribution < 1.29 is 9.53 Å². The minimum absolute atomic E-state index is 0.0266. The van der Waals surface area contributed by atoms with Crippen LogP contribution in [0.2, 0.25) is 0 Å². The first-order valence-electron chi connectivity index (χ1n) is 5.14. The largest absolute Gasteiger partial charge is 0.489 e. The van der Waals surface area contributed by atoms with Gasteiger partial charge < -0.3 is 10.5 Å². The van der Waals surface area contributed by atoms with Gasteiger partial charge in [0.05, 0.1) is 16.8 Å². The second-order valence-corrected chi connectivity index (χ2v) is 5.48. The van der Waals surface area contributed by atoms with E-state index in [1.807, 2.05) is 26.0 Å². The molecule has 5 nitrogen and oxygen atoms in total. The van der Waals surface area contributed by atoms with Gasteiger partial charge >= 0.3 is 6.03 Å². The van der Waals surface area contributed by atoms with Crippen LogP contribution in [0.4, 0.5) is 4.79 Å². The van der Waals surface area contributed by atoms with Crippen LogP contribution in [0.1, 0.15) is 19.4 Å². The molecule has 98 valence electrons. The van der Waals surface area contributed by atoms with Crippen LogP contribution in [0.15, 0.2) is 26.2 Å². The van der Waals surface area contributed by atoms with E-state index in [1.54, 1.807) is 0 Å². The summed E-state index contributed by atoms with van der Waals surface area (Å²) in [6.07, 6.45) is 1.50. The van der Waals surface area contributed by atoms with E-state index < -0.39 is 6.03 Å². The first-order chi connectivity index (χ1) is 8.40. The van der Waals surface area contributed by atoms with Gasteiger partial charge in [0.25, 0.3) is 0 Å². The van der Waals surface area contributed by atoms with Crippen molar-refractivity contribution in [3.05, 3.63) is 26.6 Å². The average molecular weight is 379 g/mol. The maximum atomic E-state index is 10.5. The molecule has 18 heavy (non-hydrogen) atoms. The van der Waals surface area contributed by atoms with Crippen molar-refractivity contribution in [3.63, 3.8) is 0 Å². The minimum Gasteiger partial charge on any atom is -0.489 e. The quantitative estimate of drug-likeness (QED) is 0.624. The maximum Gasteiger partial charge on any atom is 0.332 e. The number of rotatable bonds is 4. The number of nitrogens with one attached hydrogen (secondary N) is 1. The number of urea groups is 1. The molecular formula is C11H13Br2N3O2. The number of benzene rings is 1. The summed E-state index contributed by atoms with van der Waals surface area (Å²) in [5, 5.41) is 3.72. The van der Waals surface area contributed by atoms with E-state index in [2.05, 4.69) is 42.4 Å². The number of hydrazone groups is 1. The highest BCUT2D eigenvalue weighted by molar-refractivity contribution is 9.11. The summed E-state index contributed by atoms with van der Waals surface area (Å²) in [5.74, 6) is 0.656. The number of primary amides is 1. The number of hydrogen-bond acceptors (Lipinski definition) is 3. The average Bonchev–Trinajstić information content (AvgIpc) is 2.22. The fourth-order valence-corrected chi connectivity index (χ4v) is 2.55. The van der Waals surface area contributed by atoms with E-state index in [0.717, 1.165) is 14.5 Å². The molecule has 0 spiro atoms. The summed E-state index contributed by atoms with van der Waals surface area (Å²) in [7, 11) is 0. The lowest BCUT2D eigenvalue weighted by Crippen LogP contribution is -2.24. The molecule has 0 aromatic heterocycles. The van der Waals surface area contributed by atoms with Gasteiger partial charge in [0, 0.05) is 10.0 Å². The van der Waals surface area contributed by atoms with Crippen LogP contribution in [0.5, 0.6) is 5.75 Å². The van der Waals surface area contributed by atoms with Crippen molar-refractivity contribution in [3.8, 4) is 5.75 Å². The number of nitrogens with two attached hydrogens (primary N) is 1. The van der Waals surface area contributed by atoms with E-state index >= 15 is 0 Å². The Balaban J connectivity index is 3.06. The summed E-state index contributed by atoms with van der Waals surface area (Å²) in [5.41, 5.74) is 7.78. The second-order valence-electron chi connectivity index (χ2n) is 3.71. The number of carbonyl (C=O) groups excluding carboxylic acids is 1. The zero-order valence-electron chi connectivity index (χ0n) is 9.91. The molecule has 7 heteroatoms. The molecule has 1 aromatic carbocycles. The Morgan fingerprint density at radius 3 is 2.72 bits per heavy atom. The third-order valence-corrected chi connectivity index (χ3v) is 2.82. The summed E-state index contributed by atoms with van der Waals surface area (Å²) in [6, 6.07) is 2.98. The van der Waals surface area contributed by atoms with Crippen LogP contribution in [0, 0.1) is 0 Å². The van der Waals surface area contributed by atoms with E-state index in [1.165, 1.54) is 6.21 Å². The molecule has 0 radical (unpaired) electrons. The van der Waals surface area contributed by atoms with Crippen LogP contribution in [0.25, 0.3) is 0 Å². The molecule has 1 aromatic rings. The predicted octanol–water partition coefficient (Wildman–Crippen LogP) is 3.00. The predicted molar refractivity (Wildman–Crippen MR) is 77.9 cm³/mol. The minimum atomic E-state index is -0.716. The van der Waals surface area contributed by atoms with Crippen molar-refractivity contribution in [1.29, 1.82) is 0 Å². The van der Waals surface area contributed by atoms with Crippen LogP contribution in [-0.4, -0.2) is 18.3 Å². The lowest BCUT2D eigenvalue weighted by Gasteiger charge is -2.14. The molecule has 3 N–H and O–H groups in total. The van der Waals surface area contributed by atoms with Gasteiger partial charge in [-0.3, -0.25) is 0 Å². The maximum absolute atomic E-state index is 10.5. The van der Waals surface area contributed by atoms with E-state index in [0.29, 0.717) is 5.75 Å². The molecule has 0 unspecified atom stereocenters. The number of carbonyl (C=O) groups is 1. The monoisotopic (exact) mass is 377 g/mol. The molecule has 0 fully saturated rings. The molecule has 1 rings (SSSR count). The van der Waals surface area contributed by atoms with Crippen LogP contribution in [0.3, 0.4) is 0 Å². The van der Waals surface area contributed by atoms with Gasteiger partial charge in [0.15, 0.2) is 0 Å². The van der Waals surface area contributed by atoms with Gasteiger partial charge in [0.1, 0.15) is 5.75 Å². The van der Waals surface area contributed by atoms with Gasteiger partial charge in [-0.1, -0.05) is 15.9 Å². The lowest BCUT2D eigenvalue weighted by molar-refractivity contribution is 0.240. The smallest absolute Gasteiger partial charge is 0.332 e. The lowest BCUT2D eigenvalue weighted by atomic mass is 10.2. The first-order valence-corrected chi connectivity index (χ1v) is 6.73. The van der Waals surface area contributed by atoms with Crippen molar-refractivity contribution in [2.24, 2.45) is 10.8 Å². The number of amides is 2. The fraction of sp³-hybridized carbons (Fsp3) is 0.273. The molecule has 0 heterocycles. The topological polar surface area (TPSA) is 76.7 Å². The third kappa shape index (κ3) is 4.66. The van der Waals surface area contributed by atoms with Gasteiger partial charge in [-0.2, -0.15) is 5.10 Å². The Morgan fingerprint density at radius 1 is 1.50 bits per heavy atom. The Hall–Kier alpha value is -1.08. The molecule has 0 aliphatic rings. The first kappa shape index (κ1) is 15.0. The molecule has 0 atom stereocenters. The van der Waals surface area contributed by atoms with Gasteiger partial charge in [0.2, 0.25) is 0 Å². The normalized spacial score (nSPS) is 10.9. The fourth-order valence-electron chi connectivity index (χ4n) is 1.20. The van der Waals surface area contributed by atoms with Gasteiger partial charge in [-0.05, 0) is 41.9 Å². The van der Waals surface area contributed by atoms with Crippen molar-refractivity contribution in [2.45, 2.75) is 20.0 Å². The van der Waals surface area contributed by atoms with Crippen LogP contribution < -0.4 is 15.9 Å². The van der Waals surface area contributed by atoms with Crippen molar-refractivity contribution >= 4 is 44.1 Å². The molecular weight excluding hydrogens is 366 g/mol. The second kappa shape index (κ2) is 6.75. The van der Waals surface area contributed by atoms with Gasteiger partial charge in [-0.25, -0.2) is 10.2 Å². The number of halogens is 2. The zero-order valence-corrected chi connectivity index (χ0v) is 13.1. The molecule has 0 aliphatic carbocycles. The number of nitrogens with zero attached hydrogens (tertiary/aromatic N) is 1. The Bertz CT molecular complexity index is 476.